The summed E-state index contributed by atoms with van der Waals surface area (Å²) in [5.41, 5.74) is -0.598. The summed E-state index contributed by atoms with van der Waals surface area (Å²) in [7, 11) is 0. The first-order valence-corrected chi connectivity index (χ1v) is 7.80. The lowest BCUT2D eigenvalue weighted by molar-refractivity contribution is -0.129. The zero-order valence-corrected chi connectivity index (χ0v) is 12.4. The number of carbonyl (C=O) groups is 2. The van der Waals surface area contributed by atoms with Crippen molar-refractivity contribution in [1.29, 1.82) is 0 Å². The van der Waals surface area contributed by atoms with Crippen molar-refractivity contribution in [3.8, 4) is 0 Å². The van der Waals surface area contributed by atoms with Gasteiger partial charge in [0.1, 0.15) is 5.54 Å². The Kier molecular flexibility index (Phi) is 3.48. The van der Waals surface area contributed by atoms with E-state index in [1.54, 1.807) is 4.90 Å². The highest BCUT2D eigenvalue weighted by atomic mass is 16.5. The Bertz CT molecular complexity index is 415. The van der Waals surface area contributed by atoms with Gasteiger partial charge in [-0.15, -0.1) is 0 Å². The van der Waals surface area contributed by atoms with Crippen molar-refractivity contribution >= 4 is 11.9 Å². The molecule has 3 aliphatic rings. The lowest BCUT2D eigenvalue weighted by atomic mass is 9.76. The molecular formula is C15H24N2O3. The van der Waals surface area contributed by atoms with Crippen molar-refractivity contribution < 1.29 is 14.3 Å². The molecule has 5 nitrogen and oxygen atoms in total. The maximum atomic E-state index is 12.3. The molecule has 3 amide bonds. The fourth-order valence-electron chi connectivity index (χ4n) is 3.82. The van der Waals surface area contributed by atoms with Crippen LogP contribution >= 0.6 is 0 Å². The van der Waals surface area contributed by atoms with E-state index >= 15 is 0 Å². The summed E-state index contributed by atoms with van der Waals surface area (Å²) in [6.07, 6.45) is 5.96. The average molecular weight is 280 g/mol. The number of imide groups is 1. The summed E-state index contributed by atoms with van der Waals surface area (Å²) in [5, 5.41) is 2.52. The number of hydrogen-bond acceptors (Lipinski definition) is 3. The summed E-state index contributed by atoms with van der Waals surface area (Å²) < 4.78 is 5.83. The van der Waals surface area contributed by atoms with E-state index in [1.165, 1.54) is 0 Å². The van der Waals surface area contributed by atoms with Gasteiger partial charge in [-0.2, -0.15) is 0 Å². The van der Waals surface area contributed by atoms with Gasteiger partial charge in [-0.05, 0) is 51.4 Å². The lowest BCUT2D eigenvalue weighted by Crippen LogP contribution is -2.53. The molecule has 0 aromatic carbocycles. The number of rotatable bonds is 2. The number of nitrogens with zero attached hydrogens (tertiary/aromatic N) is 1. The van der Waals surface area contributed by atoms with Gasteiger partial charge < -0.3 is 9.64 Å². The van der Waals surface area contributed by atoms with Crippen LogP contribution in [-0.2, 0) is 9.53 Å². The SMILES string of the molecule is CC1CCC2(CC1)C(=O)NC(=O)N2CC1CCC(C)O1. The Balaban J connectivity index is 1.76. The fraction of sp³-hybridized carbons (Fsp3) is 0.867. The maximum absolute atomic E-state index is 12.3. The molecule has 3 rings (SSSR count). The minimum Gasteiger partial charge on any atom is -0.373 e. The molecule has 2 aliphatic heterocycles. The normalized spacial score (nSPS) is 41.5. The molecule has 3 fully saturated rings. The van der Waals surface area contributed by atoms with Crippen molar-refractivity contribution in [2.45, 2.75) is 70.1 Å². The summed E-state index contributed by atoms with van der Waals surface area (Å²) in [5.74, 6) is 0.550. The Labute approximate surface area is 120 Å². The van der Waals surface area contributed by atoms with Crippen LogP contribution in [0.25, 0.3) is 0 Å². The maximum Gasteiger partial charge on any atom is 0.325 e. The van der Waals surface area contributed by atoms with E-state index in [0.29, 0.717) is 12.5 Å². The molecule has 1 spiro atoms. The summed E-state index contributed by atoms with van der Waals surface area (Å²) in [6.45, 7) is 4.83. The Morgan fingerprint density at radius 3 is 2.50 bits per heavy atom. The zero-order chi connectivity index (χ0) is 14.3. The standard InChI is InChI=1S/C15H24N2O3/c1-10-5-7-15(8-6-10)13(18)16-14(19)17(15)9-12-4-3-11(2)20-12/h10-12H,3-9H2,1-2H3,(H,16,18,19). The Morgan fingerprint density at radius 2 is 1.90 bits per heavy atom. The van der Waals surface area contributed by atoms with E-state index in [9.17, 15) is 9.59 Å². The van der Waals surface area contributed by atoms with E-state index in [1.807, 2.05) is 0 Å². The summed E-state index contributed by atoms with van der Waals surface area (Å²) in [6, 6.07) is -0.229. The summed E-state index contributed by atoms with van der Waals surface area (Å²) >= 11 is 0. The van der Waals surface area contributed by atoms with Gasteiger partial charge in [0.05, 0.1) is 12.2 Å². The van der Waals surface area contributed by atoms with Gasteiger partial charge in [0, 0.05) is 6.54 Å². The third-order valence-electron chi connectivity index (χ3n) is 5.21. The second-order valence-corrected chi connectivity index (χ2v) is 6.73. The van der Waals surface area contributed by atoms with Crippen molar-refractivity contribution in [1.82, 2.24) is 10.2 Å². The quantitative estimate of drug-likeness (QED) is 0.788. The second kappa shape index (κ2) is 5.02. The Hall–Kier alpha value is -1.10. The number of carbonyl (C=O) groups excluding carboxylic acids is 2. The minimum atomic E-state index is -0.598. The molecule has 0 radical (unpaired) electrons. The van der Waals surface area contributed by atoms with Crippen molar-refractivity contribution in [2.75, 3.05) is 6.54 Å². The topological polar surface area (TPSA) is 58.6 Å². The third kappa shape index (κ3) is 2.22. The smallest absolute Gasteiger partial charge is 0.325 e. The fourth-order valence-corrected chi connectivity index (χ4v) is 3.82. The van der Waals surface area contributed by atoms with E-state index in [0.717, 1.165) is 38.5 Å². The molecule has 1 N–H and O–H groups in total. The lowest BCUT2D eigenvalue weighted by Gasteiger charge is -2.40. The number of urea groups is 1. The van der Waals surface area contributed by atoms with Crippen molar-refractivity contribution in [3.63, 3.8) is 0 Å². The molecule has 2 unspecified atom stereocenters. The van der Waals surface area contributed by atoms with Gasteiger partial charge in [0.15, 0.2) is 0 Å². The molecule has 1 saturated carbocycles. The zero-order valence-electron chi connectivity index (χ0n) is 12.4. The molecule has 1 aliphatic carbocycles. The molecule has 20 heavy (non-hydrogen) atoms. The first kappa shape index (κ1) is 13.9. The number of amides is 3. The molecule has 2 atom stereocenters. The first-order valence-electron chi connectivity index (χ1n) is 7.80. The molecule has 2 saturated heterocycles. The molecule has 5 heteroatoms. The molecule has 0 bridgehead atoms. The van der Waals surface area contributed by atoms with E-state index in [2.05, 4.69) is 19.2 Å². The van der Waals surface area contributed by atoms with Crippen LogP contribution in [-0.4, -0.2) is 41.1 Å². The minimum absolute atomic E-state index is 0.0814. The largest absolute Gasteiger partial charge is 0.373 e. The molecule has 0 aromatic rings. The molecule has 0 aromatic heterocycles. The average Bonchev–Trinajstić information content (AvgIpc) is 2.91. The summed E-state index contributed by atoms with van der Waals surface area (Å²) in [4.78, 5) is 26.2. The van der Waals surface area contributed by atoms with Crippen molar-refractivity contribution in [3.05, 3.63) is 0 Å². The van der Waals surface area contributed by atoms with Crippen molar-refractivity contribution in [2.24, 2.45) is 5.92 Å². The number of ether oxygens (including phenoxy) is 1. The van der Waals surface area contributed by atoms with Crippen LogP contribution in [0.15, 0.2) is 0 Å². The van der Waals surface area contributed by atoms with Crippen LogP contribution < -0.4 is 5.32 Å². The van der Waals surface area contributed by atoms with Gasteiger partial charge in [-0.25, -0.2) is 4.79 Å². The van der Waals surface area contributed by atoms with E-state index < -0.39 is 5.54 Å². The van der Waals surface area contributed by atoms with Gasteiger partial charge in [-0.3, -0.25) is 10.1 Å². The van der Waals surface area contributed by atoms with E-state index in [4.69, 9.17) is 4.74 Å². The Morgan fingerprint density at radius 1 is 1.20 bits per heavy atom. The van der Waals surface area contributed by atoms with Gasteiger partial charge in [0.2, 0.25) is 0 Å². The monoisotopic (exact) mass is 280 g/mol. The van der Waals surface area contributed by atoms with Crippen LogP contribution in [0.1, 0.15) is 52.4 Å². The van der Waals surface area contributed by atoms with Gasteiger partial charge >= 0.3 is 6.03 Å². The second-order valence-electron chi connectivity index (χ2n) is 6.73. The third-order valence-corrected chi connectivity index (χ3v) is 5.21. The molecule has 2 heterocycles. The highest BCUT2D eigenvalue weighted by Gasteiger charge is 2.54. The van der Waals surface area contributed by atoms with Crippen LogP contribution in [0.3, 0.4) is 0 Å². The van der Waals surface area contributed by atoms with Crippen LogP contribution in [0, 0.1) is 5.92 Å². The van der Waals surface area contributed by atoms with Crippen LogP contribution in [0.2, 0.25) is 0 Å². The molecular weight excluding hydrogens is 256 g/mol. The predicted molar refractivity (Wildman–Crippen MR) is 74.2 cm³/mol. The molecule has 112 valence electrons. The predicted octanol–water partition coefficient (Wildman–Crippen LogP) is 2.05. The van der Waals surface area contributed by atoms with Crippen LogP contribution in [0.4, 0.5) is 4.79 Å². The number of hydrogen-bond donors (Lipinski definition) is 1. The number of nitrogens with one attached hydrogen (secondary N) is 1. The first-order chi connectivity index (χ1) is 9.51. The van der Waals surface area contributed by atoms with Gasteiger partial charge in [-0.1, -0.05) is 6.92 Å². The van der Waals surface area contributed by atoms with Crippen LogP contribution in [0.5, 0.6) is 0 Å². The van der Waals surface area contributed by atoms with Gasteiger partial charge in [0.25, 0.3) is 5.91 Å². The highest BCUT2D eigenvalue weighted by molar-refractivity contribution is 6.07. The van der Waals surface area contributed by atoms with E-state index in [-0.39, 0.29) is 24.1 Å². The highest BCUT2D eigenvalue weighted by Crippen LogP contribution is 2.40.